The Labute approximate surface area is 182 Å². The number of nitrogens with one attached hydrogen (secondary N) is 1. The van der Waals surface area contributed by atoms with E-state index in [0.29, 0.717) is 11.7 Å². The van der Waals surface area contributed by atoms with Gasteiger partial charge in [0.05, 0.1) is 5.75 Å². The van der Waals surface area contributed by atoms with Crippen molar-refractivity contribution in [2.75, 3.05) is 11.1 Å². The highest BCUT2D eigenvalue weighted by atomic mass is 32.2. The summed E-state index contributed by atoms with van der Waals surface area (Å²) >= 11 is 1.38. The fourth-order valence-corrected chi connectivity index (χ4v) is 3.94. The molecule has 0 spiro atoms. The second kappa shape index (κ2) is 9.80. The van der Waals surface area contributed by atoms with Crippen molar-refractivity contribution in [3.63, 3.8) is 0 Å². The van der Waals surface area contributed by atoms with Crippen LogP contribution in [0.2, 0.25) is 0 Å². The lowest BCUT2D eigenvalue weighted by Crippen LogP contribution is -2.16. The molecule has 1 heterocycles. The molecule has 0 radical (unpaired) electrons. The Kier molecular flexibility index (Phi) is 7.15. The smallest absolute Gasteiger partial charge is 0.234 e. The highest BCUT2D eigenvalue weighted by Crippen LogP contribution is 2.28. The summed E-state index contributed by atoms with van der Waals surface area (Å²) in [6, 6.07) is 13.8. The zero-order valence-electron chi connectivity index (χ0n) is 18.1. The van der Waals surface area contributed by atoms with Crippen LogP contribution in [0.25, 0.3) is 0 Å². The first-order valence-electron chi connectivity index (χ1n) is 10.0. The molecule has 1 unspecified atom stereocenters. The lowest BCUT2D eigenvalue weighted by molar-refractivity contribution is -0.113. The van der Waals surface area contributed by atoms with E-state index in [0.717, 1.165) is 28.4 Å². The zero-order valence-corrected chi connectivity index (χ0v) is 18.9. The normalized spacial score (nSPS) is 11.9. The third-order valence-electron chi connectivity index (χ3n) is 5.04. The number of amides is 1. The van der Waals surface area contributed by atoms with Crippen molar-refractivity contribution in [1.29, 1.82) is 0 Å². The Bertz CT molecular complexity index is 1030. The molecule has 0 fully saturated rings. The summed E-state index contributed by atoms with van der Waals surface area (Å²) < 4.78 is 8.18. The maximum absolute atomic E-state index is 12.4. The summed E-state index contributed by atoms with van der Waals surface area (Å²) in [5, 5.41) is 12.3. The summed E-state index contributed by atoms with van der Waals surface area (Å²) in [6.45, 7) is 10.8. The predicted octanol–water partition coefficient (Wildman–Crippen LogP) is 5.09. The van der Waals surface area contributed by atoms with Crippen LogP contribution < -0.4 is 10.1 Å². The van der Waals surface area contributed by atoms with Crippen LogP contribution in [0.3, 0.4) is 0 Å². The van der Waals surface area contributed by atoms with Gasteiger partial charge in [-0.25, -0.2) is 0 Å². The van der Waals surface area contributed by atoms with E-state index in [1.165, 1.54) is 17.3 Å². The Morgan fingerprint density at radius 2 is 1.83 bits per heavy atom. The molecular weight excluding hydrogens is 396 g/mol. The molecule has 3 rings (SSSR count). The molecule has 1 aromatic heterocycles. The van der Waals surface area contributed by atoms with Crippen molar-refractivity contribution in [3.05, 3.63) is 65.0 Å². The van der Waals surface area contributed by atoms with Gasteiger partial charge in [-0.2, -0.15) is 0 Å². The molecule has 0 saturated carbocycles. The second-order valence-corrected chi connectivity index (χ2v) is 8.14. The van der Waals surface area contributed by atoms with Gasteiger partial charge in [0.2, 0.25) is 5.91 Å². The topological polar surface area (TPSA) is 69.0 Å². The number of para-hydroxylation sites is 1. The van der Waals surface area contributed by atoms with Crippen molar-refractivity contribution in [1.82, 2.24) is 14.8 Å². The molecule has 1 atom stereocenters. The van der Waals surface area contributed by atoms with Crippen molar-refractivity contribution >= 4 is 23.4 Å². The zero-order chi connectivity index (χ0) is 21.7. The van der Waals surface area contributed by atoms with Gasteiger partial charge in [-0.05, 0) is 63.4 Å². The standard InChI is InChI=1S/C23H28N4O2S/c1-6-27-22(18(5)29-20-13-9-11-15(2)17(20)4)25-26-23(27)30-14-21(28)24-19-12-8-7-10-16(19)3/h7-13,18H,6,14H2,1-5H3,(H,24,28). The van der Waals surface area contributed by atoms with Gasteiger partial charge in [0, 0.05) is 12.2 Å². The van der Waals surface area contributed by atoms with Gasteiger partial charge in [0.15, 0.2) is 17.1 Å². The Hall–Kier alpha value is -2.80. The molecule has 0 aliphatic carbocycles. The number of nitrogens with zero attached hydrogens (tertiary/aromatic N) is 3. The fraction of sp³-hybridized carbons (Fsp3) is 0.348. The number of carbonyl (C=O) groups excluding carboxylic acids is 1. The number of benzene rings is 2. The number of anilines is 1. The van der Waals surface area contributed by atoms with Gasteiger partial charge in [0.1, 0.15) is 5.75 Å². The van der Waals surface area contributed by atoms with Crippen molar-refractivity contribution in [3.8, 4) is 5.75 Å². The van der Waals surface area contributed by atoms with Crippen molar-refractivity contribution in [2.45, 2.75) is 52.4 Å². The van der Waals surface area contributed by atoms with Gasteiger partial charge in [-0.1, -0.05) is 42.1 Å². The van der Waals surface area contributed by atoms with Gasteiger partial charge in [0.25, 0.3) is 0 Å². The van der Waals surface area contributed by atoms with Gasteiger partial charge in [-0.3, -0.25) is 4.79 Å². The van der Waals surface area contributed by atoms with Crippen LogP contribution in [0.15, 0.2) is 47.6 Å². The summed E-state index contributed by atoms with van der Waals surface area (Å²) in [5.41, 5.74) is 4.17. The summed E-state index contributed by atoms with van der Waals surface area (Å²) in [6.07, 6.45) is -0.256. The van der Waals surface area contributed by atoms with E-state index in [9.17, 15) is 4.79 Å². The average molecular weight is 425 g/mol. The molecule has 0 bridgehead atoms. The van der Waals surface area contributed by atoms with Crippen LogP contribution in [0.1, 0.15) is 42.5 Å². The van der Waals surface area contributed by atoms with E-state index >= 15 is 0 Å². The van der Waals surface area contributed by atoms with Crippen LogP contribution in [0.4, 0.5) is 5.69 Å². The van der Waals surface area contributed by atoms with Crippen LogP contribution in [0.5, 0.6) is 5.75 Å². The SMILES string of the molecule is CCn1c(SCC(=O)Nc2ccccc2C)nnc1C(C)Oc1cccc(C)c1C. The van der Waals surface area contributed by atoms with E-state index in [1.807, 2.05) is 61.7 Å². The molecule has 0 aliphatic heterocycles. The average Bonchev–Trinajstić information content (AvgIpc) is 3.14. The first kappa shape index (κ1) is 21.9. The first-order chi connectivity index (χ1) is 14.4. The summed E-state index contributed by atoms with van der Waals surface area (Å²) in [5.74, 6) is 1.79. The number of aryl methyl sites for hydroxylation is 2. The molecule has 2 aromatic carbocycles. The minimum absolute atomic E-state index is 0.0683. The Morgan fingerprint density at radius 1 is 1.10 bits per heavy atom. The maximum Gasteiger partial charge on any atom is 0.234 e. The lowest BCUT2D eigenvalue weighted by Gasteiger charge is -2.17. The summed E-state index contributed by atoms with van der Waals surface area (Å²) in [7, 11) is 0. The second-order valence-electron chi connectivity index (χ2n) is 7.19. The number of rotatable bonds is 8. The molecular formula is C23H28N4O2S. The number of hydrogen-bond donors (Lipinski definition) is 1. The van der Waals surface area contributed by atoms with Crippen molar-refractivity contribution < 1.29 is 9.53 Å². The minimum atomic E-state index is -0.256. The predicted molar refractivity (Wildman–Crippen MR) is 121 cm³/mol. The van der Waals surface area contributed by atoms with Gasteiger partial charge < -0.3 is 14.6 Å². The maximum atomic E-state index is 12.4. The van der Waals surface area contributed by atoms with Gasteiger partial charge in [-0.15, -0.1) is 10.2 Å². The quantitative estimate of drug-likeness (QED) is 0.510. The monoisotopic (exact) mass is 424 g/mol. The highest BCUT2D eigenvalue weighted by Gasteiger charge is 2.20. The number of ether oxygens (including phenoxy) is 1. The van der Waals surface area contributed by atoms with E-state index in [-0.39, 0.29) is 17.8 Å². The van der Waals surface area contributed by atoms with Crippen LogP contribution >= 0.6 is 11.8 Å². The molecule has 6 nitrogen and oxygen atoms in total. The third-order valence-corrected chi connectivity index (χ3v) is 6.00. The van der Waals surface area contributed by atoms with E-state index < -0.39 is 0 Å². The van der Waals surface area contributed by atoms with Gasteiger partial charge >= 0.3 is 0 Å². The third kappa shape index (κ3) is 5.02. The molecule has 1 amide bonds. The minimum Gasteiger partial charge on any atom is -0.482 e. The molecule has 3 aromatic rings. The van der Waals surface area contributed by atoms with Crippen molar-refractivity contribution in [2.24, 2.45) is 0 Å². The van der Waals surface area contributed by atoms with E-state index in [1.54, 1.807) is 0 Å². The lowest BCUT2D eigenvalue weighted by atomic mass is 10.1. The Balaban J connectivity index is 1.67. The van der Waals surface area contributed by atoms with Crippen LogP contribution in [0, 0.1) is 20.8 Å². The van der Waals surface area contributed by atoms with Crippen LogP contribution in [-0.2, 0) is 11.3 Å². The largest absolute Gasteiger partial charge is 0.482 e. The molecule has 1 N–H and O–H groups in total. The number of hydrogen-bond acceptors (Lipinski definition) is 5. The van der Waals surface area contributed by atoms with E-state index in [4.69, 9.17) is 4.74 Å². The highest BCUT2D eigenvalue weighted by molar-refractivity contribution is 7.99. The number of carbonyl (C=O) groups is 1. The molecule has 0 aliphatic rings. The first-order valence-corrected chi connectivity index (χ1v) is 11.0. The number of thioether (sulfide) groups is 1. The number of aromatic nitrogens is 3. The van der Waals surface area contributed by atoms with E-state index in [2.05, 4.69) is 35.4 Å². The van der Waals surface area contributed by atoms with Crippen LogP contribution in [-0.4, -0.2) is 26.4 Å². The summed E-state index contributed by atoms with van der Waals surface area (Å²) in [4.78, 5) is 12.4. The molecule has 30 heavy (non-hydrogen) atoms. The Morgan fingerprint density at radius 3 is 2.57 bits per heavy atom. The fourth-order valence-electron chi connectivity index (χ4n) is 3.13. The molecule has 0 saturated heterocycles. The molecule has 158 valence electrons. The molecule has 7 heteroatoms.